The Morgan fingerprint density at radius 3 is 2.92 bits per heavy atom. The summed E-state index contributed by atoms with van der Waals surface area (Å²) >= 11 is 0. The maximum absolute atomic E-state index is 9.39. The monoisotopic (exact) mass is 168 g/mol. The first-order valence-electron chi connectivity index (χ1n) is 4.78. The van der Waals surface area contributed by atoms with Gasteiger partial charge >= 0.3 is 0 Å². The van der Waals surface area contributed by atoms with E-state index in [1.807, 2.05) is 0 Å². The largest absolute Gasteiger partial charge is 0.364 e. The minimum Gasteiger partial charge on any atom is -0.364 e. The Balaban J connectivity index is 2.02. The van der Waals surface area contributed by atoms with E-state index in [0.29, 0.717) is 12.0 Å². The van der Waals surface area contributed by atoms with Crippen LogP contribution in [0, 0.1) is 5.92 Å². The normalized spacial score (nSPS) is 42.4. The fraction of sp³-hybridized carbons (Fsp3) is 0.800. The van der Waals surface area contributed by atoms with E-state index in [0.717, 1.165) is 18.4 Å². The summed E-state index contributed by atoms with van der Waals surface area (Å²) in [4.78, 5) is 0. The third-order valence-electron chi connectivity index (χ3n) is 3.02. The molecule has 0 spiro atoms. The van der Waals surface area contributed by atoms with Gasteiger partial charge in [-0.3, -0.25) is 0 Å². The van der Waals surface area contributed by atoms with Crippen molar-refractivity contribution in [2.45, 2.75) is 44.5 Å². The lowest BCUT2D eigenvalue weighted by atomic mass is 9.80. The average Bonchev–Trinajstić information content (AvgIpc) is 2.07. The second-order valence-corrected chi connectivity index (χ2v) is 3.93. The molecule has 0 aromatic rings. The van der Waals surface area contributed by atoms with Gasteiger partial charge in [0.05, 0.1) is 6.10 Å². The van der Waals surface area contributed by atoms with Crippen LogP contribution < -0.4 is 0 Å². The third kappa shape index (κ3) is 1.41. The van der Waals surface area contributed by atoms with Crippen molar-refractivity contribution in [3.05, 3.63) is 12.2 Å². The summed E-state index contributed by atoms with van der Waals surface area (Å²) in [7, 11) is 0. The van der Waals surface area contributed by atoms with Gasteiger partial charge in [-0.05, 0) is 30.8 Å². The predicted molar refractivity (Wildman–Crippen MR) is 46.6 cm³/mol. The Kier molecular flexibility index (Phi) is 2.20. The highest BCUT2D eigenvalue weighted by Gasteiger charge is 2.33. The van der Waals surface area contributed by atoms with Gasteiger partial charge in [-0.2, -0.15) is 0 Å². The number of aliphatic hydroxyl groups is 1. The average molecular weight is 168 g/mol. The minimum absolute atomic E-state index is 0.305. The Labute approximate surface area is 73.2 Å². The topological polar surface area (TPSA) is 29.5 Å². The highest BCUT2D eigenvalue weighted by molar-refractivity contribution is 5.04. The molecule has 3 atom stereocenters. The van der Waals surface area contributed by atoms with Gasteiger partial charge in [-0.15, -0.1) is 0 Å². The van der Waals surface area contributed by atoms with Gasteiger partial charge in [0.1, 0.15) is 0 Å². The molecule has 2 fully saturated rings. The van der Waals surface area contributed by atoms with E-state index in [9.17, 15) is 5.11 Å². The highest BCUT2D eigenvalue weighted by Crippen LogP contribution is 2.36. The molecule has 1 aliphatic heterocycles. The first kappa shape index (κ1) is 8.27. The molecule has 0 aromatic heterocycles. The van der Waals surface area contributed by atoms with E-state index in [-0.39, 0.29) is 0 Å². The van der Waals surface area contributed by atoms with Crippen LogP contribution in [0.1, 0.15) is 32.1 Å². The van der Waals surface area contributed by atoms with Gasteiger partial charge < -0.3 is 9.84 Å². The molecule has 1 heterocycles. The van der Waals surface area contributed by atoms with Crippen LogP contribution >= 0.6 is 0 Å². The van der Waals surface area contributed by atoms with E-state index < -0.39 is 6.29 Å². The molecule has 1 saturated carbocycles. The number of ether oxygens (including phenoxy) is 1. The van der Waals surface area contributed by atoms with Gasteiger partial charge in [-0.25, -0.2) is 0 Å². The van der Waals surface area contributed by atoms with Crippen molar-refractivity contribution in [3.8, 4) is 0 Å². The first-order valence-corrected chi connectivity index (χ1v) is 4.78. The van der Waals surface area contributed by atoms with E-state index in [4.69, 9.17) is 4.74 Å². The van der Waals surface area contributed by atoms with Crippen molar-refractivity contribution in [3.63, 3.8) is 0 Å². The fourth-order valence-electron chi connectivity index (χ4n) is 2.29. The molecular weight excluding hydrogens is 152 g/mol. The van der Waals surface area contributed by atoms with E-state index in [1.54, 1.807) is 0 Å². The van der Waals surface area contributed by atoms with Crippen molar-refractivity contribution >= 4 is 0 Å². The summed E-state index contributed by atoms with van der Waals surface area (Å²) in [6.07, 6.45) is 5.51. The highest BCUT2D eigenvalue weighted by atomic mass is 16.6. The quantitative estimate of drug-likeness (QED) is 0.559. The van der Waals surface area contributed by atoms with Crippen molar-refractivity contribution in [2.75, 3.05) is 0 Å². The molecule has 3 unspecified atom stereocenters. The maximum Gasteiger partial charge on any atom is 0.177 e. The lowest BCUT2D eigenvalue weighted by Crippen LogP contribution is -2.38. The summed E-state index contributed by atoms with van der Waals surface area (Å²) in [6, 6.07) is 0. The molecule has 0 amide bonds. The van der Waals surface area contributed by atoms with Crippen LogP contribution in [0.5, 0.6) is 0 Å². The van der Waals surface area contributed by atoms with Crippen LogP contribution in [0.25, 0.3) is 0 Å². The molecule has 0 aromatic carbocycles. The molecule has 68 valence electrons. The van der Waals surface area contributed by atoms with E-state index >= 15 is 0 Å². The molecular formula is C10H16O2. The predicted octanol–water partition coefficient (Wildman–Crippen LogP) is 1.84. The fourth-order valence-corrected chi connectivity index (χ4v) is 2.29. The van der Waals surface area contributed by atoms with Crippen molar-refractivity contribution in [2.24, 2.45) is 5.92 Å². The molecule has 1 N–H and O–H groups in total. The molecule has 0 bridgehead atoms. The lowest BCUT2D eigenvalue weighted by molar-refractivity contribution is -0.160. The van der Waals surface area contributed by atoms with Crippen LogP contribution in [0.4, 0.5) is 0 Å². The SMILES string of the molecule is C=C1CC2CCCCC2OC1O. The van der Waals surface area contributed by atoms with Crippen LogP contribution in [-0.2, 0) is 4.74 Å². The van der Waals surface area contributed by atoms with Crippen LogP contribution in [0.2, 0.25) is 0 Å². The van der Waals surface area contributed by atoms with E-state index in [2.05, 4.69) is 6.58 Å². The molecule has 1 aliphatic carbocycles. The minimum atomic E-state index is -0.690. The first-order chi connectivity index (χ1) is 5.77. The second-order valence-electron chi connectivity index (χ2n) is 3.93. The number of hydrogen-bond donors (Lipinski definition) is 1. The van der Waals surface area contributed by atoms with Crippen LogP contribution in [-0.4, -0.2) is 17.5 Å². The van der Waals surface area contributed by atoms with Gasteiger partial charge in [0.15, 0.2) is 6.29 Å². The molecule has 2 rings (SSSR count). The number of aliphatic hydroxyl groups excluding tert-OH is 1. The number of rotatable bonds is 0. The third-order valence-corrected chi connectivity index (χ3v) is 3.02. The summed E-state index contributed by atoms with van der Waals surface area (Å²) in [5, 5.41) is 9.39. The van der Waals surface area contributed by atoms with E-state index in [1.165, 1.54) is 19.3 Å². The Morgan fingerprint density at radius 2 is 2.08 bits per heavy atom. The Bertz CT molecular complexity index is 188. The lowest BCUT2D eigenvalue weighted by Gasteiger charge is -2.38. The molecule has 2 aliphatic rings. The van der Waals surface area contributed by atoms with Crippen LogP contribution in [0.15, 0.2) is 12.2 Å². The zero-order valence-corrected chi connectivity index (χ0v) is 7.33. The second kappa shape index (κ2) is 3.19. The van der Waals surface area contributed by atoms with Gasteiger partial charge in [0.25, 0.3) is 0 Å². The van der Waals surface area contributed by atoms with Gasteiger partial charge in [0, 0.05) is 0 Å². The zero-order chi connectivity index (χ0) is 8.55. The summed E-state index contributed by atoms with van der Waals surface area (Å²) < 4.78 is 5.46. The Morgan fingerprint density at radius 1 is 1.33 bits per heavy atom. The smallest absolute Gasteiger partial charge is 0.177 e. The van der Waals surface area contributed by atoms with Crippen molar-refractivity contribution in [1.82, 2.24) is 0 Å². The summed E-state index contributed by atoms with van der Waals surface area (Å²) in [5.74, 6) is 0.634. The summed E-state index contributed by atoms with van der Waals surface area (Å²) in [6.45, 7) is 3.81. The number of fused-ring (bicyclic) bond motifs is 1. The van der Waals surface area contributed by atoms with Gasteiger partial charge in [-0.1, -0.05) is 19.4 Å². The maximum atomic E-state index is 9.39. The zero-order valence-electron chi connectivity index (χ0n) is 7.33. The summed E-state index contributed by atoms with van der Waals surface area (Å²) in [5.41, 5.74) is 0.859. The van der Waals surface area contributed by atoms with Crippen molar-refractivity contribution in [1.29, 1.82) is 0 Å². The molecule has 12 heavy (non-hydrogen) atoms. The van der Waals surface area contributed by atoms with Crippen LogP contribution in [0.3, 0.4) is 0 Å². The molecule has 2 heteroatoms. The standard InChI is InChI=1S/C10H16O2/c1-7-6-8-4-2-3-5-9(8)12-10(7)11/h8-11H,1-6H2. The number of hydrogen-bond acceptors (Lipinski definition) is 2. The molecule has 0 radical (unpaired) electrons. The van der Waals surface area contributed by atoms with Gasteiger partial charge in [0.2, 0.25) is 0 Å². The Hall–Kier alpha value is -0.340. The van der Waals surface area contributed by atoms with Crippen molar-refractivity contribution < 1.29 is 9.84 Å². The molecule has 2 nitrogen and oxygen atoms in total. The molecule has 1 saturated heterocycles.